The van der Waals surface area contributed by atoms with Crippen LogP contribution in [0.1, 0.15) is 30.5 Å². The number of hydrogen-bond acceptors (Lipinski definition) is 6. The molecule has 1 N–H and O–H groups in total. The number of nitrogens with zero attached hydrogens (tertiary/aromatic N) is 6. The summed E-state index contributed by atoms with van der Waals surface area (Å²) in [5, 5.41) is 11.6. The summed E-state index contributed by atoms with van der Waals surface area (Å²) in [6, 6.07) is 0. The predicted octanol–water partition coefficient (Wildman–Crippen LogP) is 0.797. The topological polar surface area (TPSA) is 93.9 Å². The van der Waals surface area contributed by atoms with E-state index in [4.69, 9.17) is 9.72 Å². The molecule has 0 amide bonds. The predicted molar refractivity (Wildman–Crippen MR) is 108 cm³/mol. The van der Waals surface area contributed by atoms with Crippen LogP contribution in [-0.4, -0.2) is 55.8 Å². The Kier molecular flexibility index (Phi) is 4.17. The molecule has 29 heavy (non-hydrogen) atoms. The van der Waals surface area contributed by atoms with E-state index in [1.165, 1.54) is 0 Å². The number of aromatic nitrogens is 6. The van der Waals surface area contributed by atoms with Crippen LogP contribution < -0.4 is 10.5 Å². The van der Waals surface area contributed by atoms with E-state index in [1.54, 1.807) is 22.5 Å². The number of rotatable bonds is 1. The second kappa shape index (κ2) is 6.74. The fourth-order valence-electron chi connectivity index (χ4n) is 4.27. The van der Waals surface area contributed by atoms with Gasteiger partial charge in [-0.15, -0.1) is 0 Å². The Balaban J connectivity index is 1.46. The number of piperidine rings is 1. The summed E-state index contributed by atoms with van der Waals surface area (Å²) in [7, 11) is 3.59. The van der Waals surface area contributed by atoms with Crippen LogP contribution in [0.3, 0.4) is 0 Å². The van der Waals surface area contributed by atoms with Crippen molar-refractivity contribution in [3.05, 3.63) is 34.0 Å². The molecule has 0 aromatic carbocycles. The first kappa shape index (κ1) is 17.9. The number of H-pyrrole nitrogens is 1. The van der Waals surface area contributed by atoms with Crippen molar-refractivity contribution >= 4 is 17.0 Å². The molecule has 2 saturated heterocycles. The first-order chi connectivity index (χ1) is 14.0. The van der Waals surface area contributed by atoms with E-state index < -0.39 is 0 Å². The normalized spacial score (nSPS) is 18.3. The minimum absolute atomic E-state index is 0.140. The molecule has 0 radical (unpaired) electrons. The maximum absolute atomic E-state index is 13.1. The molecule has 150 valence electrons. The van der Waals surface area contributed by atoms with Gasteiger partial charge in [0.2, 0.25) is 5.95 Å². The molecule has 3 aromatic rings. The lowest BCUT2D eigenvalue weighted by Gasteiger charge is -2.39. The molecule has 9 nitrogen and oxygen atoms in total. The van der Waals surface area contributed by atoms with E-state index in [0.717, 1.165) is 51.1 Å². The van der Waals surface area contributed by atoms with Crippen LogP contribution in [0.4, 0.5) is 5.95 Å². The highest BCUT2D eigenvalue weighted by Crippen LogP contribution is 2.39. The summed E-state index contributed by atoms with van der Waals surface area (Å²) in [6.45, 7) is 3.46. The van der Waals surface area contributed by atoms with Gasteiger partial charge in [-0.05, 0) is 30.6 Å². The Morgan fingerprint density at radius 3 is 2.72 bits per heavy atom. The smallest absolute Gasteiger partial charge is 0.267 e. The van der Waals surface area contributed by atoms with Gasteiger partial charge in [-0.3, -0.25) is 19.1 Å². The molecule has 2 aliphatic rings. The Hall–Kier alpha value is -3.12. The number of aryl methyl sites for hydroxylation is 1. The van der Waals surface area contributed by atoms with Crippen molar-refractivity contribution in [1.82, 2.24) is 29.5 Å². The molecular formula is C20H23N7O2. The van der Waals surface area contributed by atoms with Gasteiger partial charge in [-0.25, -0.2) is 0 Å². The fraction of sp³-hybridized carbons (Fsp3) is 0.500. The van der Waals surface area contributed by atoms with Gasteiger partial charge in [0.25, 0.3) is 5.56 Å². The summed E-state index contributed by atoms with van der Waals surface area (Å²) < 4.78 is 8.91. The van der Waals surface area contributed by atoms with E-state index in [2.05, 4.69) is 32.0 Å². The molecule has 3 aromatic heterocycles. The summed E-state index contributed by atoms with van der Waals surface area (Å²) >= 11 is 0. The molecular weight excluding hydrogens is 370 g/mol. The van der Waals surface area contributed by atoms with Crippen LogP contribution in [0.15, 0.2) is 17.2 Å². The van der Waals surface area contributed by atoms with Crippen molar-refractivity contribution < 1.29 is 4.74 Å². The van der Waals surface area contributed by atoms with Gasteiger partial charge in [0, 0.05) is 40.0 Å². The number of ether oxygens (including phenoxy) is 1. The number of nitrogens with one attached hydrogen (secondary N) is 1. The lowest BCUT2D eigenvalue weighted by atomic mass is 9.78. The largest absolute Gasteiger partial charge is 0.381 e. The highest BCUT2D eigenvalue weighted by atomic mass is 16.5. The fourth-order valence-corrected chi connectivity index (χ4v) is 4.27. The molecule has 2 aliphatic heterocycles. The first-order valence-electron chi connectivity index (χ1n) is 9.83. The van der Waals surface area contributed by atoms with Crippen LogP contribution in [0.2, 0.25) is 0 Å². The molecule has 9 heteroatoms. The number of aromatic amines is 1. The summed E-state index contributed by atoms with van der Waals surface area (Å²) in [5.74, 6) is 6.64. The highest BCUT2D eigenvalue weighted by molar-refractivity contribution is 5.81. The second-order valence-electron chi connectivity index (χ2n) is 8.01. The zero-order valence-corrected chi connectivity index (χ0v) is 16.6. The number of fused-ring (bicyclic) bond motifs is 1. The van der Waals surface area contributed by atoms with Crippen molar-refractivity contribution in [3.8, 4) is 11.8 Å². The Morgan fingerprint density at radius 2 is 2.03 bits per heavy atom. The molecule has 2 fully saturated rings. The van der Waals surface area contributed by atoms with Gasteiger partial charge in [-0.2, -0.15) is 15.2 Å². The van der Waals surface area contributed by atoms with Gasteiger partial charge >= 0.3 is 0 Å². The third-order valence-electron chi connectivity index (χ3n) is 6.10. The second-order valence-corrected chi connectivity index (χ2v) is 8.01. The number of hydrogen-bond donors (Lipinski definition) is 1. The summed E-state index contributed by atoms with van der Waals surface area (Å²) in [5.41, 5.74) is 1.82. The molecule has 0 unspecified atom stereocenters. The van der Waals surface area contributed by atoms with Gasteiger partial charge in [0.1, 0.15) is 5.39 Å². The molecule has 5 rings (SSSR count). The Morgan fingerprint density at radius 1 is 1.21 bits per heavy atom. The van der Waals surface area contributed by atoms with Crippen LogP contribution in [0.25, 0.3) is 11.0 Å². The van der Waals surface area contributed by atoms with Crippen molar-refractivity contribution in [2.75, 3.05) is 31.2 Å². The van der Waals surface area contributed by atoms with Crippen LogP contribution in [-0.2, 0) is 18.8 Å². The average molecular weight is 393 g/mol. The van der Waals surface area contributed by atoms with Crippen molar-refractivity contribution in [2.24, 2.45) is 19.5 Å². The summed E-state index contributed by atoms with van der Waals surface area (Å²) in [4.78, 5) is 20.0. The molecule has 0 aliphatic carbocycles. The average Bonchev–Trinajstić information content (AvgIpc) is 3.45. The molecule has 0 bridgehead atoms. The quantitative estimate of drug-likeness (QED) is 0.615. The third kappa shape index (κ3) is 3.09. The molecule has 0 atom stereocenters. The minimum atomic E-state index is -0.140. The van der Waals surface area contributed by atoms with Crippen LogP contribution in [0, 0.1) is 17.3 Å². The SMILES string of the molecule is Cn1cc(C#Cc2n[nH]c3nc(N4CCC5(CCOC5)CC4)n(C)c(=O)c23)cn1. The lowest BCUT2D eigenvalue weighted by Crippen LogP contribution is -2.43. The molecule has 0 saturated carbocycles. The first-order valence-corrected chi connectivity index (χ1v) is 9.83. The molecule has 5 heterocycles. The van der Waals surface area contributed by atoms with E-state index in [9.17, 15) is 4.79 Å². The van der Waals surface area contributed by atoms with Crippen molar-refractivity contribution in [1.29, 1.82) is 0 Å². The standard InChI is InChI=1S/C20H23N7O2/c1-25-12-14(11-21-25)3-4-15-16-17(24-23-15)22-19(26(2)18(16)28)27-8-5-20(6-9-27)7-10-29-13-20/h11-12H,5-10,13H2,1-2H3,(H,23,24). The monoisotopic (exact) mass is 393 g/mol. The third-order valence-corrected chi connectivity index (χ3v) is 6.10. The van der Waals surface area contributed by atoms with E-state index in [0.29, 0.717) is 28.1 Å². The van der Waals surface area contributed by atoms with Crippen LogP contribution in [0.5, 0.6) is 0 Å². The van der Waals surface area contributed by atoms with Crippen molar-refractivity contribution in [2.45, 2.75) is 19.3 Å². The maximum atomic E-state index is 13.1. The minimum Gasteiger partial charge on any atom is -0.381 e. The van der Waals surface area contributed by atoms with Gasteiger partial charge < -0.3 is 9.64 Å². The van der Waals surface area contributed by atoms with E-state index >= 15 is 0 Å². The van der Waals surface area contributed by atoms with E-state index in [-0.39, 0.29) is 5.56 Å². The lowest BCUT2D eigenvalue weighted by molar-refractivity contribution is 0.133. The maximum Gasteiger partial charge on any atom is 0.267 e. The van der Waals surface area contributed by atoms with Gasteiger partial charge in [0.15, 0.2) is 11.3 Å². The van der Waals surface area contributed by atoms with E-state index in [1.807, 2.05) is 13.2 Å². The zero-order valence-electron chi connectivity index (χ0n) is 16.6. The number of anilines is 1. The van der Waals surface area contributed by atoms with Crippen LogP contribution >= 0.6 is 0 Å². The highest BCUT2D eigenvalue weighted by Gasteiger charge is 2.38. The Bertz CT molecular complexity index is 1180. The van der Waals surface area contributed by atoms with Gasteiger partial charge in [0.05, 0.1) is 18.4 Å². The molecule has 1 spiro atoms. The van der Waals surface area contributed by atoms with Gasteiger partial charge in [-0.1, -0.05) is 5.92 Å². The van der Waals surface area contributed by atoms with Crippen molar-refractivity contribution in [3.63, 3.8) is 0 Å². The summed E-state index contributed by atoms with van der Waals surface area (Å²) in [6.07, 6.45) is 6.74. The zero-order chi connectivity index (χ0) is 20.0. The Labute approximate surface area is 167 Å².